The van der Waals surface area contributed by atoms with Crippen molar-refractivity contribution in [3.8, 4) is 0 Å². The Kier molecular flexibility index (Phi) is 3.65. The van der Waals surface area contributed by atoms with Crippen molar-refractivity contribution in [2.75, 3.05) is 0 Å². The standard InChI is InChI=1S/C14H18N2O2/c1-4-10(2)16-7-5-12(15-16)9-14(17)13-6-8-18-11(13)3/h5-8,10H,4,9H2,1-3H3. The molecule has 0 amide bonds. The molecule has 1 atom stereocenters. The average Bonchev–Trinajstić information content (AvgIpc) is 2.97. The maximum absolute atomic E-state index is 12.0. The van der Waals surface area contributed by atoms with Gasteiger partial charge in [0.2, 0.25) is 0 Å². The molecule has 0 saturated heterocycles. The maximum Gasteiger partial charge on any atom is 0.172 e. The fourth-order valence-corrected chi connectivity index (χ4v) is 1.84. The first-order chi connectivity index (χ1) is 8.61. The molecule has 1 unspecified atom stereocenters. The number of furan rings is 1. The Balaban J connectivity index is 2.08. The Bertz CT molecular complexity index is 539. The summed E-state index contributed by atoms with van der Waals surface area (Å²) in [6.07, 6.45) is 4.82. The van der Waals surface area contributed by atoms with Crippen molar-refractivity contribution in [1.29, 1.82) is 0 Å². The molecule has 0 fully saturated rings. The fraction of sp³-hybridized carbons (Fsp3) is 0.429. The highest BCUT2D eigenvalue weighted by molar-refractivity contribution is 5.98. The van der Waals surface area contributed by atoms with Gasteiger partial charge in [-0.05, 0) is 32.4 Å². The molecule has 2 aromatic heterocycles. The monoisotopic (exact) mass is 246 g/mol. The lowest BCUT2D eigenvalue weighted by atomic mass is 10.1. The summed E-state index contributed by atoms with van der Waals surface area (Å²) in [5, 5.41) is 4.43. The van der Waals surface area contributed by atoms with Crippen molar-refractivity contribution in [1.82, 2.24) is 9.78 Å². The summed E-state index contributed by atoms with van der Waals surface area (Å²) in [5.41, 5.74) is 1.45. The van der Waals surface area contributed by atoms with E-state index in [1.54, 1.807) is 19.3 Å². The molecule has 0 aromatic carbocycles. The molecule has 18 heavy (non-hydrogen) atoms. The van der Waals surface area contributed by atoms with E-state index < -0.39 is 0 Å². The van der Waals surface area contributed by atoms with Crippen LogP contribution in [0.4, 0.5) is 0 Å². The lowest BCUT2D eigenvalue weighted by molar-refractivity contribution is 0.0990. The molecular formula is C14H18N2O2. The molecule has 4 nitrogen and oxygen atoms in total. The number of aromatic nitrogens is 2. The quantitative estimate of drug-likeness (QED) is 0.761. The van der Waals surface area contributed by atoms with E-state index >= 15 is 0 Å². The smallest absolute Gasteiger partial charge is 0.172 e. The number of carbonyl (C=O) groups is 1. The molecule has 2 heterocycles. The Morgan fingerprint density at radius 3 is 2.89 bits per heavy atom. The van der Waals surface area contributed by atoms with Gasteiger partial charge in [0.25, 0.3) is 0 Å². The van der Waals surface area contributed by atoms with Crippen molar-refractivity contribution in [2.45, 2.75) is 39.7 Å². The second-order valence-corrected chi connectivity index (χ2v) is 4.53. The van der Waals surface area contributed by atoms with E-state index in [-0.39, 0.29) is 5.78 Å². The first kappa shape index (κ1) is 12.6. The SMILES string of the molecule is CCC(C)n1ccc(CC(=O)c2ccoc2C)n1. The molecule has 96 valence electrons. The number of rotatable bonds is 5. The highest BCUT2D eigenvalue weighted by Gasteiger charge is 2.14. The van der Waals surface area contributed by atoms with Crippen LogP contribution in [-0.2, 0) is 6.42 Å². The van der Waals surface area contributed by atoms with Gasteiger partial charge in [0.05, 0.1) is 23.9 Å². The Morgan fingerprint density at radius 1 is 1.50 bits per heavy atom. The van der Waals surface area contributed by atoms with Crippen LogP contribution in [0.15, 0.2) is 29.0 Å². The first-order valence-electron chi connectivity index (χ1n) is 6.23. The number of Topliss-reactive ketones (excluding diaryl/α,β-unsaturated/α-hetero) is 1. The van der Waals surface area contributed by atoms with Gasteiger partial charge in [0.15, 0.2) is 5.78 Å². The van der Waals surface area contributed by atoms with Crippen LogP contribution < -0.4 is 0 Å². The topological polar surface area (TPSA) is 48.0 Å². The van der Waals surface area contributed by atoms with E-state index in [0.29, 0.717) is 23.8 Å². The summed E-state index contributed by atoms with van der Waals surface area (Å²) in [6, 6.07) is 3.98. The zero-order valence-corrected chi connectivity index (χ0v) is 11.0. The Morgan fingerprint density at radius 2 is 2.28 bits per heavy atom. The van der Waals surface area contributed by atoms with Gasteiger partial charge in [-0.1, -0.05) is 6.92 Å². The van der Waals surface area contributed by atoms with Crippen LogP contribution in [0.25, 0.3) is 0 Å². The summed E-state index contributed by atoms with van der Waals surface area (Å²) < 4.78 is 7.05. The van der Waals surface area contributed by atoms with Crippen LogP contribution in [0.5, 0.6) is 0 Å². The summed E-state index contributed by atoms with van der Waals surface area (Å²) in [5.74, 6) is 0.719. The molecule has 0 aliphatic rings. The van der Waals surface area contributed by atoms with Crippen LogP contribution in [-0.4, -0.2) is 15.6 Å². The lowest BCUT2D eigenvalue weighted by Gasteiger charge is -2.07. The van der Waals surface area contributed by atoms with E-state index in [2.05, 4.69) is 18.9 Å². The molecule has 2 aromatic rings. The first-order valence-corrected chi connectivity index (χ1v) is 6.23. The number of carbonyl (C=O) groups excluding carboxylic acids is 1. The van der Waals surface area contributed by atoms with Gasteiger partial charge in [-0.25, -0.2) is 0 Å². The van der Waals surface area contributed by atoms with E-state index in [1.165, 1.54) is 0 Å². The maximum atomic E-state index is 12.0. The van der Waals surface area contributed by atoms with E-state index in [1.807, 2.05) is 16.9 Å². The van der Waals surface area contributed by atoms with Crippen LogP contribution in [0, 0.1) is 6.92 Å². The summed E-state index contributed by atoms with van der Waals surface area (Å²) >= 11 is 0. The number of aryl methyl sites for hydroxylation is 1. The van der Waals surface area contributed by atoms with Crippen LogP contribution in [0.1, 0.15) is 48.1 Å². The largest absolute Gasteiger partial charge is 0.469 e. The third-order valence-electron chi connectivity index (χ3n) is 3.21. The van der Waals surface area contributed by atoms with Gasteiger partial charge >= 0.3 is 0 Å². The summed E-state index contributed by atoms with van der Waals surface area (Å²) in [6.45, 7) is 6.02. The highest BCUT2D eigenvalue weighted by Crippen LogP contribution is 2.14. The Labute approximate surface area is 107 Å². The molecule has 2 rings (SSSR count). The third kappa shape index (κ3) is 2.53. The number of nitrogens with zero attached hydrogens (tertiary/aromatic N) is 2. The zero-order chi connectivity index (χ0) is 13.1. The second-order valence-electron chi connectivity index (χ2n) is 4.53. The molecule has 0 aliphatic carbocycles. The van der Waals surface area contributed by atoms with Crippen molar-refractivity contribution in [3.05, 3.63) is 41.6 Å². The van der Waals surface area contributed by atoms with Crippen molar-refractivity contribution < 1.29 is 9.21 Å². The molecule has 0 spiro atoms. The highest BCUT2D eigenvalue weighted by atomic mass is 16.3. The minimum atomic E-state index is 0.0515. The molecule has 0 bridgehead atoms. The van der Waals surface area contributed by atoms with Crippen molar-refractivity contribution in [3.63, 3.8) is 0 Å². The molecule has 0 aliphatic heterocycles. The summed E-state index contributed by atoms with van der Waals surface area (Å²) in [4.78, 5) is 12.0. The number of hydrogen-bond acceptors (Lipinski definition) is 3. The van der Waals surface area contributed by atoms with Crippen LogP contribution in [0.2, 0.25) is 0 Å². The molecule has 0 N–H and O–H groups in total. The van der Waals surface area contributed by atoms with Crippen LogP contribution in [0.3, 0.4) is 0 Å². The minimum Gasteiger partial charge on any atom is -0.469 e. The fourth-order valence-electron chi connectivity index (χ4n) is 1.84. The molecule has 0 radical (unpaired) electrons. The van der Waals surface area contributed by atoms with E-state index in [9.17, 15) is 4.79 Å². The predicted octanol–water partition coefficient (Wildman–Crippen LogP) is 3.18. The number of ketones is 1. The van der Waals surface area contributed by atoms with Gasteiger partial charge < -0.3 is 4.42 Å². The third-order valence-corrected chi connectivity index (χ3v) is 3.21. The minimum absolute atomic E-state index is 0.0515. The van der Waals surface area contributed by atoms with Gasteiger partial charge in [-0.2, -0.15) is 5.10 Å². The normalized spacial score (nSPS) is 12.6. The average molecular weight is 246 g/mol. The van der Waals surface area contributed by atoms with Crippen LogP contribution >= 0.6 is 0 Å². The van der Waals surface area contributed by atoms with Crippen molar-refractivity contribution >= 4 is 5.78 Å². The predicted molar refractivity (Wildman–Crippen MR) is 68.7 cm³/mol. The van der Waals surface area contributed by atoms with Crippen molar-refractivity contribution in [2.24, 2.45) is 0 Å². The summed E-state index contributed by atoms with van der Waals surface area (Å²) in [7, 11) is 0. The molecule has 0 saturated carbocycles. The van der Waals surface area contributed by atoms with E-state index in [0.717, 1.165) is 12.1 Å². The number of hydrogen-bond donors (Lipinski definition) is 0. The van der Waals surface area contributed by atoms with Gasteiger partial charge in [-0.15, -0.1) is 0 Å². The van der Waals surface area contributed by atoms with Gasteiger partial charge in [0, 0.05) is 12.2 Å². The van der Waals surface area contributed by atoms with E-state index in [4.69, 9.17) is 4.42 Å². The van der Waals surface area contributed by atoms with Gasteiger partial charge in [-0.3, -0.25) is 9.48 Å². The van der Waals surface area contributed by atoms with Gasteiger partial charge in [0.1, 0.15) is 5.76 Å². The second kappa shape index (κ2) is 5.21. The Hall–Kier alpha value is -1.84. The molecule has 4 heteroatoms. The molecular weight excluding hydrogens is 228 g/mol. The lowest BCUT2D eigenvalue weighted by Crippen LogP contribution is -2.08. The zero-order valence-electron chi connectivity index (χ0n) is 11.0.